The Morgan fingerprint density at radius 2 is 1.88 bits per heavy atom. The average molecular weight is 340 g/mol. The molecular weight excluding hydrogens is 316 g/mol. The lowest BCUT2D eigenvalue weighted by Gasteiger charge is -2.27. The summed E-state index contributed by atoms with van der Waals surface area (Å²) in [6, 6.07) is 9.71. The topological polar surface area (TPSA) is 51.7 Å². The van der Waals surface area contributed by atoms with Crippen molar-refractivity contribution in [1.29, 1.82) is 0 Å². The lowest BCUT2D eigenvalue weighted by atomic mass is 9.91. The van der Waals surface area contributed by atoms with Gasteiger partial charge in [0.15, 0.2) is 11.5 Å². The van der Waals surface area contributed by atoms with Crippen LogP contribution in [0.3, 0.4) is 0 Å². The van der Waals surface area contributed by atoms with Gasteiger partial charge in [-0.15, -0.1) is 0 Å². The van der Waals surface area contributed by atoms with Gasteiger partial charge in [0.25, 0.3) is 0 Å². The van der Waals surface area contributed by atoms with E-state index in [0.29, 0.717) is 19.5 Å². The lowest BCUT2D eigenvalue weighted by Crippen LogP contribution is -2.32. The molecule has 0 fully saturated rings. The summed E-state index contributed by atoms with van der Waals surface area (Å²) in [6.07, 6.45) is 4.04. The van der Waals surface area contributed by atoms with Crippen LogP contribution in [0, 0.1) is 5.41 Å². The summed E-state index contributed by atoms with van der Waals surface area (Å²) in [7, 11) is 0. The molecule has 0 unspecified atom stereocenters. The number of hydrogen-bond donors (Lipinski definition) is 0. The predicted octanol–water partition coefficient (Wildman–Crippen LogP) is 3.78. The van der Waals surface area contributed by atoms with Gasteiger partial charge in [-0.2, -0.15) is 0 Å². The van der Waals surface area contributed by atoms with E-state index in [4.69, 9.17) is 9.47 Å². The zero-order chi connectivity index (χ0) is 17.9. The third-order valence-electron chi connectivity index (χ3n) is 3.94. The van der Waals surface area contributed by atoms with Gasteiger partial charge in [0.1, 0.15) is 0 Å². The molecule has 132 valence electrons. The molecule has 1 aromatic heterocycles. The van der Waals surface area contributed by atoms with Crippen LogP contribution in [0.4, 0.5) is 0 Å². The fraction of sp³-hybridized carbons (Fsp3) is 0.400. The Balaban J connectivity index is 1.79. The maximum atomic E-state index is 12.9. The second kappa shape index (κ2) is 7.13. The minimum Gasteiger partial charge on any atom is -0.454 e. The molecule has 0 saturated heterocycles. The van der Waals surface area contributed by atoms with Gasteiger partial charge < -0.3 is 14.4 Å². The number of ether oxygens (including phenoxy) is 2. The molecule has 0 bridgehead atoms. The number of carbonyl (C=O) groups excluding carboxylic acids is 1. The van der Waals surface area contributed by atoms with Crippen LogP contribution in [0.2, 0.25) is 0 Å². The van der Waals surface area contributed by atoms with E-state index in [-0.39, 0.29) is 18.1 Å². The first-order chi connectivity index (χ1) is 11.9. The maximum absolute atomic E-state index is 12.9. The van der Waals surface area contributed by atoms with Crippen molar-refractivity contribution < 1.29 is 14.3 Å². The van der Waals surface area contributed by atoms with Gasteiger partial charge in [-0.3, -0.25) is 9.78 Å². The number of fused-ring (bicyclic) bond motifs is 1. The molecule has 0 saturated carbocycles. The number of hydrogen-bond acceptors (Lipinski definition) is 4. The Kier molecular flexibility index (Phi) is 4.93. The van der Waals surface area contributed by atoms with Crippen LogP contribution in [0.5, 0.6) is 11.5 Å². The summed E-state index contributed by atoms with van der Waals surface area (Å²) in [5.41, 5.74) is 1.99. The maximum Gasteiger partial charge on any atom is 0.231 e. The summed E-state index contributed by atoms with van der Waals surface area (Å²) in [6.45, 7) is 7.55. The Morgan fingerprint density at radius 1 is 1.12 bits per heavy atom. The highest BCUT2D eigenvalue weighted by molar-refractivity contribution is 5.76. The summed E-state index contributed by atoms with van der Waals surface area (Å²) in [4.78, 5) is 18.9. The standard InChI is InChI=1S/C20H24N2O3/c1-20(2,3)10-19(23)22(13-16-5-4-8-21-11-16)12-15-6-7-17-18(9-15)25-14-24-17/h4-9,11H,10,12-14H2,1-3H3. The van der Waals surface area contributed by atoms with Crippen LogP contribution < -0.4 is 9.47 Å². The predicted molar refractivity (Wildman–Crippen MR) is 95.1 cm³/mol. The Bertz CT molecular complexity index is 738. The van der Waals surface area contributed by atoms with E-state index >= 15 is 0 Å². The molecule has 1 aliphatic heterocycles. The van der Waals surface area contributed by atoms with E-state index in [2.05, 4.69) is 25.8 Å². The van der Waals surface area contributed by atoms with E-state index in [1.54, 1.807) is 12.4 Å². The van der Waals surface area contributed by atoms with E-state index < -0.39 is 0 Å². The molecule has 0 atom stereocenters. The molecule has 5 nitrogen and oxygen atoms in total. The number of pyridine rings is 1. The van der Waals surface area contributed by atoms with Gasteiger partial charge in [0.05, 0.1) is 0 Å². The minimum atomic E-state index is -0.0564. The molecule has 1 aromatic carbocycles. The first kappa shape index (κ1) is 17.3. The quantitative estimate of drug-likeness (QED) is 0.831. The highest BCUT2D eigenvalue weighted by atomic mass is 16.7. The van der Waals surface area contributed by atoms with Crippen molar-refractivity contribution in [3.8, 4) is 11.5 Å². The number of amides is 1. The summed E-state index contributed by atoms with van der Waals surface area (Å²) < 4.78 is 10.8. The van der Waals surface area contributed by atoms with E-state index in [1.807, 2.05) is 35.2 Å². The zero-order valence-electron chi connectivity index (χ0n) is 15.0. The van der Waals surface area contributed by atoms with Gasteiger partial charge in [0, 0.05) is 31.9 Å². The van der Waals surface area contributed by atoms with Crippen molar-refractivity contribution >= 4 is 5.91 Å². The molecule has 25 heavy (non-hydrogen) atoms. The van der Waals surface area contributed by atoms with Crippen molar-refractivity contribution in [2.24, 2.45) is 5.41 Å². The van der Waals surface area contributed by atoms with Crippen molar-refractivity contribution in [2.45, 2.75) is 40.3 Å². The normalized spacial score (nSPS) is 12.9. The second-order valence-electron chi connectivity index (χ2n) is 7.54. The zero-order valence-corrected chi connectivity index (χ0v) is 15.0. The largest absolute Gasteiger partial charge is 0.454 e. The van der Waals surface area contributed by atoms with Crippen LogP contribution in [-0.4, -0.2) is 22.6 Å². The fourth-order valence-electron chi connectivity index (χ4n) is 2.77. The van der Waals surface area contributed by atoms with Crippen LogP contribution in [-0.2, 0) is 17.9 Å². The molecule has 1 aliphatic rings. The highest BCUT2D eigenvalue weighted by Crippen LogP contribution is 2.33. The third-order valence-corrected chi connectivity index (χ3v) is 3.94. The third kappa shape index (κ3) is 4.72. The van der Waals surface area contributed by atoms with Crippen LogP contribution >= 0.6 is 0 Å². The van der Waals surface area contributed by atoms with E-state index in [9.17, 15) is 4.79 Å². The number of aromatic nitrogens is 1. The van der Waals surface area contributed by atoms with Gasteiger partial charge in [-0.1, -0.05) is 32.9 Å². The summed E-state index contributed by atoms with van der Waals surface area (Å²) in [5.74, 6) is 1.62. The molecule has 0 aliphatic carbocycles. The number of carbonyl (C=O) groups is 1. The molecule has 2 aromatic rings. The van der Waals surface area contributed by atoms with Crippen LogP contribution in [0.15, 0.2) is 42.7 Å². The molecule has 0 spiro atoms. The first-order valence-corrected chi connectivity index (χ1v) is 8.46. The molecule has 5 heteroatoms. The molecule has 2 heterocycles. The van der Waals surface area contributed by atoms with E-state index in [0.717, 1.165) is 22.6 Å². The number of benzene rings is 1. The first-order valence-electron chi connectivity index (χ1n) is 8.46. The Hall–Kier alpha value is -2.56. The van der Waals surface area contributed by atoms with Gasteiger partial charge in [-0.25, -0.2) is 0 Å². The summed E-state index contributed by atoms with van der Waals surface area (Å²) in [5, 5.41) is 0. The second-order valence-corrected chi connectivity index (χ2v) is 7.54. The van der Waals surface area contributed by atoms with Gasteiger partial charge >= 0.3 is 0 Å². The summed E-state index contributed by atoms with van der Waals surface area (Å²) >= 11 is 0. The van der Waals surface area contributed by atoms with E-state index in [1.165, 1.54) is 0 Å². The number of rotatable bonds is 5. The molecule has 0 radical (unpaired) electrons. The van der Waals surface area contributed by atoms with Crippen molar-refractivity contribution in [3.05, 3.63) is 53.9 Å². The number of nitrogens with zero attached hydrogens (tertiary/aromatic N) is 2. The highest BCUT2D eigenvalue weighted by Gasteiger charge is 2.22. The monoisotopic (exact) mass is 340 g/mol. The van der Waals surface area contributed by atoms with Gasteiger partial charge in [-0.05, 0) is 34.7 Å². The Labute approximate surface area is 148 Å². The Morgan fingerprint density at radius 3 is 2.60 bits per heavy atom. The van der Waals surface area contributed by atoms with Crippen LogP contribution in [0.1, 0.15) is 38.3 Å². The molecule has 0 N–H and O–H groups in total. The van der Waals surface area contributed by atoms with Crippen molar-refractivity contribution in [2.75, 3.05) is 6.79 Å². The average Bonchev–Trinajstić information content (AvgIpc) is 3.01. The van der Waals surface area contributed by atoms with Crippen LogP contribution in [0.25, 0.3) is 0 Å². The van der Waals surface area contributed by atoms with Gasteiger partial charge in [0.2, 0.25) is 12.7 Å². The molecule has 3 rings (SSSR count). The smallest absolute Gasteiger partial charge is 0.231 e. The SMILES string of the molecule is CC(C)(C)CC(=O)N(Cc1cccnc1)Cc1ccc2c(c1)OCO2. The fourth-order valence-corrected chi connectivity index (χ4v) is 2.77. The van der Waals surface area contributed by atoms with Crippen molar-refractivity contribution in [1.82, 2.24) is 9.88 Å². The minimum absolute atomic E-state index is 0.0564. The molecular formula is C20H24N2O3. The molecule has 1 amide bonds. The van der Waals surface area contributed by atoms with Crippen molar-refractivity contribution in [3.63, 3.8) is 0 Å². The lowest BCUT2D eigenvalue weighted by molar-refractivity contribution is -0.134.